The minimum absolute atomic E-state index is 0.105. The number of ether oxygens (including phenoxy) is 2. The summed E-state index contributed by atoms with van der Waals surface area (Å²) in [5, 5.41) is 0. The number of Topliss-reactive ketones (excluding diaryl/α,β-unsaturated/α-hetero) is 1. The third-order valence-electron chi connectivity index (χ3n) is 3.34. The predicted molar refractivity (Wildman–Crippen MR) is 83.5 cm³/mol. The average Bonchev–Trinajstić information content (AvgIpc) is 2.54. The van der Waals surface area contributed by atoms with E-state index in [0.29, 0.717) is 29.2 Å². The highest BCUT2D eigenvalue weighted by molar-refractivity contribution is 5.96. The second-order valence-corrected chi connectivity index (χ2v) is 4.75. The molecule has 0 aromatic heterocycles. The fourth-order valence-electron chi connectivity index (χ4n) is 2.08. The van der Waals surface area contributed by atoms with Crippen LogP contribution in [0.5, 0.6) is 17.2 Å². The van der Waals surface area contributed by atoms with E-state index in [-0.39, 0.29) is 5.78 Å². The minimum Gasteiger partial charge on any atom is -0.493 e. The maximum atomic E-state index is 11.7. The third-order valence-corrected chi connectivity index (χ3v) is 3.34. The van der Waals surface area contributed by atoms with Gasteiger partial charge in [-0.05, 0) is 36.2 Å². The number of carbonyl (C=O) groups excluding carboxylic acids is 1. The number of hydrogen-bond donors (Lipinski definition) is 0. The Bertz CT molecular complexity index is 632. The molecule has 0 aliphatic carbocycles. The minimum atomic E-state index is 0.105. The van der Waals surface area contributed by atoms with Crippen LogP contribution in [0.3, 0.4) is 0 Å². The zero-order valence-electron chi connectivity index (χ0n) is 12.7. The van der Waals surface area contributed by atoms with Gasteiger partial charge >= 0.3 is 0 Å². The van der Waals surface area contributed by atoms with Crippen LogP contribution >= 0.6 is 0 Å². The Morgan fingerprint density at radius 3 is 2.52 bits per heavy atom. The Kier molecular flexibility index (Phi) is 4.99. The molecule has 0 saturated heterocycles. The average molecular weight is 284 g/mol. The monoisotopic (exact) mass is 284 g/mol. The molecule has 110 valence electrons. The topological polar surface area (TPSA) is 35.5 Å². The van der Waals surface area contributed by atoms with Gasteiger partial charge in [0.05, 0.1) is 7.11 Å². The summed E-state index contributed by atoms with van der Waals surface area (Å²) in [5.74, 6) is 2.09. The van der Waals surface area contributed by atoms with E-state index >= 15 is 0 Å². The molecule has 0 unspecified atom stereocenters. The molecular formula is C18H20O3. The molecule has 0 fully saturated rings. The van der Waals surface area contributed by atoms with Crippen molar-refractivity contribution in [3.63, 3.8) is 0 Å². The van der Waals surface area contributed by atoms with Crippen LogP contribution in [-0.4, -0.2) is 12.9 Å². The quantitative estimate of drug-likeness (QED) is 0.725. The predicted octanol–water partition coefficient (Wildman–Crippen LogP) is 4.64. The molecule has 3 heteroatoms. The van der Waals surface area contributed by atoms with Crippen molar-refractivity contribution < 1.29 is 14.3 Å². The lowest BCUT2D eigenvalue weighted by Crippen LogP contribution is -1.97. The molecular weight excluding hydrogens is 264 g/mol. The molecule has 0 aliphatic heterocycles. The molecule has 2 aromatic rings. The molecule has 0 heterocycles. The Morgan fingerprint density at radius 2 is 1.86 bits per heavy atom. The van der Waals surface area contributed by atoms with Crippen LogP contribution in [0.15, 0.2) is 42.5 Å². The number of hydrogen-bond acceptors (Lipinski definition) is 3. The van der Waals surface area contributed by atoms with Crippen LogP contribution in [-0.2, 0) is 6.42 Å². The number of ketones is 1. The summed E-state index contributed by atoms with van der Waals surface area (Å²) in [6, 6.07) is 13.1. The van der Waals surface area contributed by atoms with Crippen LogP contribution in [0.2, 0.25) is 0 Å². The van der Waals surface area contributed by atoms with E-state index in [9.17, 15) is 4.79 Å². The van der Waals surface area contributed by atoms with Gasteiger partial charge in [0.2, 0.25) is 0 Å². The molecule has 2 aromatic carbocycles. The molecule has 2 rings (SSSR count). The summed E-state index contributed by atoms with van der Waals surface area (Å²) in [7, 11) is 1.62. The van der Waals surface area contributed by atoms with Crippen LogP contribution in [0.25, 0.3) is 0 Å². The third kappa shape index (κ3) is 3.63. The van der Waals surface area contributed by atoms with Gasteiger partial charge in [-0.1, -0.05) is 32.0 Å². The zero-order valence-corrected chi connectivity index (χ0v) is 12.7. The molecule has 0 bridgehead atoms. The van der Waals surface area contributed by atoms with Gasteiger partial charge < -0.3 is 9.47 Å². The SMILES string of the molecule is CCC(=O)c1cccc(Oc2ccc(CC)cc2OC)c1. The Hall–Kier alpha value is -2.29. The molecule has 0 amide bonds. The van der Waals surface area contributed by atoms with Gasteiger partial charge in [-0.3, -0.25) is 4.79 Å². The second kappa shape index (κ2) is 6.93. The van der Waals surface area contributed by atoms with Crippen molar-refractivity contribution in [2.24, 2.45) is 0 Å². The van der Waals surface area contributed by atoms with Crippen LogP contribution in [0, 0.1) is 0 Å². The molecule has 0 N–H and O–H groups in total. The van der Waals surface area contributed by atoms with E-state index in [4.69, 9.17) is 9.47 Å². The zero-order chi connectivity index (χ0) is 15.2. The first kappa shape index (κ1) is 15.1. The summed E-state index contributed by atoms with van der Waals surface area (Å²) < 4.78 is 11.2. The molecule has 0 radical (unpaired) electrons. The fraction of sp³-hybridized carbons (Fsp3) is 0.278. The van der Waals surface area contributed by atoms with E-state index in [0.717, 1.165) is 6.42 Å². The maximum absolute atomic E-state index is 11.7. The van der Waals surface area contributed by atoms with Crippen LogP contribution in [0.4, 0.5) is 0 Å². The highest BCUT2D eigenvalue weighted by atomic mass is 16.5. The fourth-order valence-corrected chi connectivity index (χ4v) is 2.08. The maximum Gasteiger partial charge on any atom is 0.169 e. The highest BCUT2D eigenvalue weighted by Gasteiger charge is 2.09. The van der Waals surface area contributed by atoms with E-state index in [1.807, 2.05) is 37.3 Å². The summed E-state index contributed by atoms with van der Waals surface area (Å²) in [6.45, 7) is 3.94. The smallest absolute Gasteiger partial charge is 0.169 e. The lowest BCUT2D eigenvalue weighted by atomic mass is 10.1. The van der Waals surface area contributed by atoms with Gasteiger partial charge in [0.25, 0.3) is 0 Å². The Balaban J connectivity index is 2.27. The summed E-state index contributed by atoms with van der Waals surface area (Å²) in [6.07, 6.45) is 1.43. The van der Waals surface area contributed by atoms with Gasteiger partial charge in [-0.15, -0.1) is 0 Å². The number of aryl methyl sites for hydroxylation is 1. The standard InChI is InChI=1S/C18H20O3/c1-4-13-9-10-17(18(11-13)20-3)21-15-8-6-7-14(12-15)16(19)5-2/h6-12H,4-5H2,1-3H3. The Morgan fingerprint density at radius 1 is 1.05 bits per heavy atom. The van der Waals surface area contributed by atoms with Crippen molar-refractivity contribution in [1.82, 2.24) is 0 Å². The van der Waals surface area contributed by atoms with Gasteiger partial charge in [0.1, 0.15) is 5.75 Å². The van der Waals surface area contributed by atoms with Crippen molar-refractivity contribution in [3.05, 3.63) is 53.6 Å². The number of carbonyl (C=O) groups is 1. The number of methoxy groups -OCH3 is 1. The molecule has 0 spiro atoms. The molecule has 0 aliphatic rings. The number of rotatable bonds is 6. The lowest BCUT2D eigenvalue weighted by Gasteiger charge is -2.12. The Labute approximate surface area is 125 Å². The lowest BCUT2D eigenvalue weighted by molar-refractivity contribution is 0.0988. The molecule has 0 saturated carbocycles. The summed E-state index contributed by atoms with van der Waals surface area (Å²) in [5.41, 5.74) is 1.85. The van der Waals surface area contributed by atoms with E-state index in [2.05, 4.69) is 6.92 Å². The van der Waals surface area contributed by atoms with Crippen molar-refractivity contribution in [2.45, 2.75) is 26.7 Å². The first-order chi connectivity index (χ1) is 10.2. The first-order valence-corrected chi connectivity index (χ1v) is 7.16. The van der Waals surface area contributed by atoms with Gasteiger partial charge in [0, 0.05) is 12.0 Å². The van der Waals surface area contributed by atoms with E-state index in [1.54, 1.807) is 19.2 Å². The van der Waals surface area contributed by atoms with Crippen molar-refractivity contribution in [3.8, 4) is 17.2 Å². The van der Waals surface area contributed by atoms with Gasteiger partial charge in [-0.25, -0.2) is 0 Å². The normalized spacial score (nSPS) is 10.2. The second-order valence-electron chi connectivity index (χ2n) is 4.75. The van der Waals surface area contributed by atoms with Crippen molar-refractivity contribution >= 4 is 5.78 Å². The first-order valence-electron chi connectivity index (χ1n) is 7.16. The molecule has 21 heavy (non-hydrogen) atoms. The summed E-state index contributed by atoms with van der Waals surface area (Å²) >= 11 is 0. The van der Waals surface area contributed by atoms with Gasteiger partial charge in [-0.2, -0.15) is 0 Å². The van der Waals surface area contributed by atoms with E-state index in [1.165, 1.54) is 5.56 Å². The van der Waals surface area contributed by atoms with Crippen molar-refractivity contribution in [1.29, 1.82) is 0 Å². The molecule has 3 nitrogen and oxygen atoms in total. The van der Waals surface area contributed by atoms with Crippen LogP contribution in [0.1, 0.15) is 36.2 Å². The molecule has 0 atom stereocenters. The number of benzene rings is 2. The van der Waals surface area contributed by atoms with Gasteiger partial charge in [0.15, 0.2) is 17.3 Å². The summed E-state index contributed by atoms with van der Waals surface area (Å²) in [4.78, 5) is 11.7. The van der Waals surface area contributed by atoms with E-state index < -0.39 is 0 Å². The largest absolute Gasteiger partial charge is 0.493 e. The van der Waals surface area contributed by atoms with Crippen LogP contribution < -0.4 is 9.47 Å². The van der Waals surface area contributed by atoms with Crippen molar-refractivity contribution in [2.75, 3.05) is 7.11 Å². The highest BCUT2D eigenvalue weighted by Crippen LogP contribution is 2.32.